The molecule has 6 nitrogen and oxygen atoms in total. The molecule has 19 heavy (non-hydrogen) atoms. The van der Waals surface area contributed by atoms with E-state index >= 15 is 0 Å². The van der Waals surface area contributed by atoms with Crippen LogP contribution in [-0.4, -0.2) is 37.7 Å². The summed E-state index contributed by atoms with van der Waals surface area (Å²) < 4.78 is 36.8. The topological polar surface area (TPSA) is 101 Å². The zero-order valence-electron chi connectivity index (χ0n) is 11.1. The molecule has 108 valence electrons. The van der Waals surface area contributed by atoms with Crippen LogP contribution in [-0.2, 0) is 20.8 Å². The van der Waals surface area contributed by atoms with Gasteiger partial charge in [-0.3, -0.25) is 4.21 Å². The van der Waals surface area contributed by atoms with Crippen LogP contribution in [0.25, 0.3) is 0 Å². The third-order valence-electron chi connectivity index (χ3n) is 2.49. The van der Waals surface area contributed by atoms with Crippen molar-refractivity contribution >= 4 is 32.2 Å². The second-order valence-corrected chi connectivity index (χ2v) is 7.61. The predicted molar refractivity (Wildman–Crippen MR) is 79.1 cm³/mol. The van der Waals surface area contributed by atoms with Crippen LogP contribution in [0.1, 0.15) is 6.92 Å². The molecule has 0 amide bonds. The third-order valence-corrected chi connectivity index (χ3v) is 4.87. The molecule has 1 aromatic rings. The van der Waals surface area contributed by atoms with Gasteiger partial charge in [0.1, 0.15) is 0 Å². The van der Waals surface area contributed by atoms with Gasteiger partial charge in [0.15, 0.2) is 0 Å². The van der Waals surface area contributed by atoms with Gasteiger partial charge in [0, 0.05) is 28.9 Å². The van der Waals surface area contributed by atoms with Crippen molar-refractivity contribution in [2.75, 3.05) is 30.1 Å². The molecule has 0 fully saturated rings. The molecule has 8 heteroatoms. The summed E-state index contributed by atoms with van der Waals surface area (Å²) in [4.78, 5) is 0.136. The van der Waals surface area contributed by atoms with Gasteiger partial charge < -0.3 is 11.1 Å². The summed E-state index contributed by atoms with van der Waals surface area (Å²) in [5, 5.41) is 3.07. The molecule has 1 rings (SSSR count). The highest BCUT2D eigenvalue weighted by molar-refractivity contribution is 7.89. The predicted octanol–water partition coefficient (Wildman–Crippen LogP) is 0.356. The van der Waals surface area contributed by atoms with Crippen LogP contribution in [0.2, 0.25) is 0 Å². The molecule has 2 atom stereocenters. The lowest BCUT2D eigenvalue weighted by molar-refractivity contribution is 0.588. The highest BCUT2D eigenvalue weighted by atomic mass is 32.2. The highest BCUT2D eigenvalue weighted by Crippen LogP contribution is 2.23. The molecular formula is C11H19N3O3S2. The van der Waals surface area contributed by atoms with Gasteiger partial charge in [-0.2, -0.15) is 0 Å². The van der Waals surface area contributed by atoms with Crippen molar-refractivity contribution in [2.24, 2.45) is 0 Å². The Balaban J connectivity index is 3.02. The number of nitrogen functional groups attached to an aromatic ring is 1. The van der Waals surface area contributed by atoms with Crippen LogP contribution in [0, 0.1) is 0 Å². The Morgan fingerprint density at radius 1 is 1.42 bits per heavy atom. The normalized spacial score (nSPS) is 14.9. The molecule has 0 saturated carbocycles. The number of sulfonamides is 1. The van der Waals surface area contributed by atoms with Gasteiger partial charge in [0.05, 0.1) is 16.3 Å². The maximum atomic E-state index is 11.7. The summed E-state index contributed by atoms with van der Waals surface area (Å²) in [6.07, 6.45) is 1.61. The summed E-state index contributed by atoms with van der Waals surface area (Å²) >= 11 is 0. The molecule has 0 bridgehead atoms. The smallest absolute Gasteiger partial charge is 0.240 e. The average molecular weight is 305 g/mol. The third kappa shape index (κ3) is 4.48. The first-order chi connectivity index (χ1) is 8.76. The minimum Gasteiger partial charge on any atom is -0.397 e. The van der Waals surface area contributed by atoms with Gasteiger partial charge in [-0.15, -0.1) is 0 Å². The maximum absolute atomic E-state index is 11.7. The SMILES string of the molecule is CNS(=O)(=O)c1ccc(N)c(NC(C)CS(C)=O)c1. The summed E-state index contributed by atoms with van der Waals surface area (Å²) in [7, 11) is -3.09. The second kappa shape index (κ2) is 6.36. The van der Waals surface area contributed by atoms with E-state index < -0.39 is 20.8 Å². The van der Waals surface area contributed by atoms with E-state index in [0.717, 1.165) is 0 Å². The van der Waals surface area contributed by atoms with E-state index in [1.807, 2.05) is 6.92 Å². The minimum atomic E-state index is -3.50. The zero-order chi connectivity index (χ0) is 14.6. The minimum absolute atomic E-state index is 0.0688. The van der Waals surface area contributed by atoms with E-state index in [9.17, 15) is 12.6 Å². The first kappa shape index (κ1) is 15.9. The first-order valence-corrected chi connectivity index (χ1v) is 8.87. The second-order valence-electron chi connectivity index (χ2n) is 4.24. The number of nitrogens with one attached hydrogen (secondary N) is 2. The van der Waals surface area contributed by atoms with E-state index in [2.05, 4.69) is 10.0 Å². The summed E-state index contributed by atoms with van der Waals surface area (Å²) in [6.45, 7) is 1.86. The highest BCUT2D eigenvalue weighted by Gasteiger charge is 2.14. The number of anilines is 2. The van der Waals surface area contributed by atoms with Crippen molar-refractivity contribution in [3.63, 3.8) is 0 Å². The van der Waals surface area contributed by atoms with Crippen LogP contribution in [0.4, 0.5) is 11.4 Å². The molecule has 0 heterocycles. The zero-order valence-corrected chi connectivity index (χ0v) is 12.8. The van der Waals surface area contributed by atoms with Crippen molar-refractivity contribution < 1.29 is 12.6 Å². The van der Waals surface area contributed by atoms with E-state index in [-0.39, 0.29) is 10.9 Å². The molecule has 0 saturated heterocycles. The fourth-order valence-electron chi connectivity index (χ4n) is 1.60. The fraction of sp³-hybridized carbons (Fsp3) is 0.455. The van der Waals surface area contributed by atoms with Gasteiger partial charge in [0.25, 0.3) is 0 Å². The van der Waals surface area contributed by atoms with E-state index in [1.165, 1.54) is 25.2 Å². The van der Waals surface area contributed by atoms with Crippen molar-refractivity contribution in [1.82, 2.24) is 4.72 Å². The van der Waals surface area contributed by atoms with Gasteiger partial charge in [-0.05, 0) is 32.2 Å². The Bertz CT molecular complexity index is 573. The molecule has 0 aliphatic rings. The van der Waals surface area contributed by atoms with Gasteiger partial charge in [-0.25, -0.2) is 13.1 Å². The lowest BCUT2D eigenvalue weighted by Gasteiger charge is -2.16. The van der Waals surface area contributed by atoms with Crippen molar-refractivity contribution in [1.29, 1.82) is 0 Å². The Labute approximate surface area is 116 Å². The van der Waals surface area contributed by atoms with Crippen molar-refractivity contribution in [3.8, 4) is 0 Å². The largest absolute Gasteiger partial charge is 0.397 e. The Morgan fingerprint density at radius 2 is 2.05 bits per heavy atom. The fourth-order valence-corrected chi connectivity index (χ4v) is 3.15. The lowest BCUT2D eigenvalue weighted by Crippen LogP contribution is -2.23. The van der Waals surface area contributed by atoms with Crippen molar-refractivity contribution in [3.05, 3.63) is 18.2 Å². The van der Waals surface area contributed by atoms with Crippen molar-refractivity contribution in [2.45, 2.75) is 17.9 Å². The van der Waals surface area contributed by atoms with E-state index in [0.29, 0.717) is 17.1 Å². The number of rotatable bonds is 6. The number of benzene rings is 1. The van der Waals surface area contributed by atoms with Gasteiger partial charge in [-0.1, -0.05) is 0 Å². The molecule has 0 spiro atoms. The van der Waals surface area contributed by atoms with Crippen LogP contribution in [0.5, 0.6) is 0 Å². The Hall–Kier alpha value is -1.12. The molecule has 0 radical (unpaired) electrons. The maximum Gasteiger partial charge on any atom is 0.240 e. The molecule has 2 unspecified atom stereocenters. The first-order valence-electron chi connectivity index (χ1n) is 5.66. The summed E-state index contributed by atoms with van der Waals surface area (Å²) in [5.41, 5.74) is 6.77. The van der Waals surface area contributed by atoms with E-state index in [4.69, 9.17) is 5.73 Å². The Kier molecular flexibility index (Phi) is 5.33. The summed E-state index contributed by atoms with van der Waals surface area (Å²) in [6, 6.07) is 4.37. The molecular weight excluding hydrogens is 286 g/mol. The van der Waals surface area contributed by atoms with Crippen LogP contribution in [0.3, 0.4) is 0 Å². The molecule has 4 N–H and O–H groups in total. The van der Waals surface area contributed by atoms with Crippen LogP contribution >= 0.6 is 0 Å². The molecule has 1 aromatic carbocycles. The molecule has 0 aliphatic heterocycles. The monoisotopic (exact) mass is 305 g/mol. The summed E-state index contributed by atoms with van der Waals surface area (Å²) in [5.74, 6) is 0.461. The Morgan fingerprint density at radius 3 is 2.58 bits per heavy atom. The lowest BCUT2D eigenvalue weighted by atomic mass is 10.2. The molecule has 0 aromatic heterocycles. The number of hydrogen-bond acceptors (Lipinski definition) is 5. The quantitative estimate of drug-likeness (QED) is 0.659. The van der Waals surface area contributed by atoms with Crippen LogP contribution < -0.4 is 15.8 Å². The molecule has 0 aliphatic carbocycles. The standard InChI is InChI=1S/C11H19N3O3S2/c1-8(7-18(3)15)14-11-6-9(4-5-10(11)12)19(16,17)13-2/h4-6,8,13-14H,7,12H2,1-3H3. The van der Waals surface area contributed by atoms with Crippen LogP contribution in [0.15, 0.2) is 23.1 Å². The van der Waals surface area contributed by atoms with Gasteiger partial charge in [0.2, 0.25) is 10.0 Å². The average Bonchev–Trinajstić information content (AvgIpc) is 2.30. The van der Waals surface area contributed by atoms with Gasteiger partial charge >= 0.3 is 0 Å². The number of nitrogens with two attached hydrogens (primary N) is 1. The van der Waals surface area contributed by atoms with E-state index in [1.54, 1.807) is 6.26 Å². The number of hydrogen-bond donors (Lipinski definition) is 3.